The molecule has 3 nitrogen and oxygen atoms in total. The quantitative estimate of drug-likeness (QED) is 0.399. The molecule has 1 aromatic carbocycles. The molecule has 0 saturated heterocycles. The summed E-state index contributed by atoms with van der Waals surface area (Å²) < 4.78 is 12.6. The Hall–Kier alpha value is -1.71. The summed E-state index contributed by atoms with van der Waals surface area (Å²) in [6, 6.07) is 6.88. The minimum atomic E-state index is -1.34. The fourth-order valence-electron chi connectivity index (χ4n) is 0.930. The summed E-state index contributed by atoms with van der Waals surface area (Å²) >= 11 is 0. The number of halogens is 1. The maximum atomic E-state index is 12.6. The third-order valence-corrected chi connectivity index (χ3v) is 1.64. The summed E-state index contributed by atoms with van der Waals surface area (Å²) in [6.07, 6.45) is 0.912. The van der Waals surface area contributed by atoms with Crippen molar-refractivity contribution in [3.63, 3.8) is 0 Å². The van der Waals surface area contributed by atoms with Crippen molar-refractivity contribution < 1.29 is 9.31 Å². The van der Waals surface area contributed by atoms with Crippen LogP contribution in [0.2, 0.25) is 0 Å². The van der Waals surface area contributed by atoms with Gasteiger partial charge in [-0.15, -0.1) is 4.39 Å². The highest BCUT2D eigenvalue weighted by Crippen LogP contribution is 2.12. The van der Waals surface area contributed by atoms with Gasteiger partial charge in [-0.05, 0) is 18.1 Å². The van der Waals surface area contributed by atoms with Gasteiger partial charge in [-0.25, -0.2) is 0 Å². The van der Waals surface area contributed by atoms with Gasteiger partial charge in [-0.3, -0.25) is 10.1 Å². The van der Waals surface area contributed by atoms with Gasteiger partial charge >= 0.3 is 5.95 Å². The fourth-order valence-corrected chi connectivity index (χ4v) is 0.930. The van der Waals surface area contributed by atoms with Crippen molar-refractivity contribution in [2.45, 2.75) is 6.92 Å². The molecule has 0 atom stereocenters. The summed E-state index contributed by atoms with van der Waals surface area (Å²) in [5.74, 6) is -1.34. The lowest BCUT2D eigenvalue weighted by Gasteiger charge is -1.96. The van der Waals surface area contributed by atoms with Gasteiger partial charge in [0.2, 0.25) is 0 Å². The SMILES string of the molecule is Cc1ccccc1C=C(F)[N+](=O)[O-]. The van der Waals surface area contributed by atoms with Crippen molar-refractivity contribution in [3.05, 3.63) is 51.5 Å². The van der Waals surface area contributed by atoms with Gasteiger partial charge in [-0.1, -0.05) is 24.3 Å². The maximum Gasteiger partial charge on any atom is 0.419 e. The van der Waals surface area contributed by atoms with Gasteiger partial charge in [0.15, 0.2) is 0 Å². The Bertz CT molecular complexity index is 360. The van der Waals surface area contributed by atoms with Crippen LogP contribution in [0.1, 0.15) is 11.1 Å². The predicted octanol–water partition coefficient (Wildman–Crippen LogP) is 2.54. The molecule has 68 valence electrons. The molecule has 0 saturated carbocycles. The van der Waals surface area contributed by atoms with Crippen LogP contribution in [0.15, 0.2) is 30.2 Å². The lowest BCUT2D eigenvalue weighted by atomic mass is 10.1. The summed E-state index contributed by atoms with van der Waals surface area (Å²) in [4.78, 5) is 8.93. The largest absolute Gasteiger partial charge is 0.419 e. The Morgan fingerprint density at radius 2 is 2.15 bits per heavy atom. The molecule has 0 aliphatic heterocycles. The van der Waals surface area contributed by atoms with Crippen molar-refractivity contribution in [2.75, 3.05) is 0 Å². The van der Waals surface area contributed by atoms with Crippen LogP contribution in [-0.4, -0.2) is 4.92 Å². The summed E-state index contributed by atoms with van der Waals surface area (Å²) in [5.41, 5.74) is 1.33. The van der Waals surface area contributed by atoms with E-state index in [2.05, 4.69) is 0 Å². The first kappa shape index (κ1) is 9.38. The van der Waals surface area contributed by atoms with E-state index in [9.17, 15) is 14.5 Å². The second-order valence-corrected chi connectivity index (χ2v) is 2.58. The summed E-state index contributed by atoms with van der Waals surface area (Å²) in [6.45, 7) is 1.76. The van der Waals surface area contributed by atoms with Crippen LogP contribution in [0, 0.1) is 17.0 Å². The Labute approximate surface area is 74.7 Å². The van der Waals surface area contributed by atoms with Crippen LogP contribution in [0.5, 0.6) is 0 Å². The van der Waals surface area contributed by atoms with Crippen molar-refractivity contribution in [1.82, 2.24) is 0 Å². The Balaban J connectivity index is 3.04. The molecule has 0 heterocycles. The second-order valence-electron chi connectivity index (χ2n) is 2.58. The van der Waals surface area contributed by atoms with Crippen molar-refractivity contribution in [3.8, 4) is 0 Å². The van der Waals surface area contributed by atoms with Gasteiger partial charge in [0.1, 0.15) is 0 Å². The van der Waals surface area contributed by atoms with E-state index in [0.717, 1.165) is 11.6 Å². The zero-order valence-corrected chi connectivity index (χ0v) is 7.03. The van der Waals surface area contributed by atoms with Gasteiger partial charge in [0.05, 0.1) is 11.0 Å². The van der Waals surface area contributed by atoms with E-state index in [0.29, 0.717) is 5.56 Å². The smallest absolute Gasteiger partial charge is 0.256 e. The normalized spacial score (nSPS) is 11.4. The van der Waals surface area contributed by atoms with Crippen LogP contribution in [0.3, 0.4) is 0 Å². The highest BCUT2D eigenvalue weighted by Gasteiger charge is 2.08. The number of nitrogens with zero attached hydrogens (tertiary/aromatic N) is 1. The highest BCUT2D eigenvalue weighted by atomic mass is 19.1. The third-order valence-electron chi connectivity index (χ3n) is 1.64. The minimum absolute atomic E-state index is 0.525. The average molecular weight is 181 g/mol. The van der Waals surface area contributed by atoms with Crippen LogP contribution in [0.25, 0.3) is 6.08 Å². The van der Waals surface area contributed by atoms with Crippen molar-refractivity contribution in [1.29, 1.82) is 0 Å². The lowest BCUT2D eigenvalue weighted by molar-refractivity contribution is -0.445. The number of hydrogen-bond donors (Lipinski definition) is 0. The molecule has 0 aromatic heterocycles. The molecule has 13 heavy (non-hydrogen) atoms. The molecule has 0 radical (unpaired) electrons. The van der Waals surface area contributed by atoms with Gasteiger partial charge in [-0.2, -0.15) is 0 Å². The summed E-state index contributed by atoms with van der Waals surface area (Å²) in [5, 5.41) is 9.98. The van der Waals surface area contributed by atoms with Crippen LogP contribution >= 0.6 is 0 Å². The molecule has 0 amide bonds. The first-order valence-electron chi connectivity index (χ1n) is 3.68. The topological polar surface area (TPSA) is 43.1 Å². The fraction of sp³-hybridized carbons (Fsp3) is 0.111. The van der Waals surface area contributed by atoms with Crippen LogP contribution in [-0.2, 0) is 0 Å². The van der Waals surface area contributed by atoms with Crippen molar-refractivity contribution in [2.24, 2.45) is 0 Å². The standard InChI is InChI=1S/C9H8FNO2/c1-7-4-2-3-5-8(7)6-9(10)11(12)13/h2-6H,1H3. The summed E-state index contributed by atoms with van der Waals surface area (Å²) in [7, 11) is 0. The molecule has 0 aliphatic rings. The first-order chi connectivity index (χ1) is 6.11. The van der Waals surface area contributed by atoms with E-state index in [1.165, 1.54) is 0 Å². The van der Waals surface area contributed by atoms with Crippen LogP contribution < -0.4 is 0 Å². The molecule has 1 aromatic rings. The van der Waals surface area contributed by atoms with E-state index in [-0.39, 0.29) is 0 Å². The molecule has 0 spiro atoms. The molecule has 0 N–H and O–H groups in total. The van der Waals surface area contributed by atoms with Gasteiger partial charge in [0, 0.05) is 0 Å². The average Bonchev–Trinajstić information content (AvgIpc) is 2.08. The number of benzene rings is 1. The van der Waals surface area contributed by atoms with E-state index in [1.54, 1.807) is 31.2 Å². The molecule has 0 aliphatic carbocycles. The predicted molar refractivity (Wildman–Crippen MR) is 47.3 cm³/mol. The maximum absolute atomic E-state index is 12.6. The molecule has 1 rings (SSSR count). The van der Waals surface area contributed by atoms with Crippen molar-refractivity contribution >= 4 is 6.08 Å². The van der Waals surface area contributed by atoms with Gasteiger partial charge in [0.25, 0.3) is 0 Å². The lowest BCUT2D eigenvalue weighted by Crippen LogP contribution is -1.92. The zero-order valence-electron chi connectivity index (χ0n) is 7.03. The first-order valence-corrected chi connectivity index (χ1v) is 3.68. The monoisotopic (exact) mass is 181 g/mol. The Morgan fingerprint density at radius 3 is 2.69 bits per heavy atom. The Kier molecular flexibility index (Phi) is 2.74. The molecule has 4 heteroatoms. The number of aryl methyl sites for hydroxylation is 1. The molecular formula is C9H8FNO2. The van der Waals surface area contributed by atoms with E-state index < -0.39 is 10.9 Å². The van der Waals surface area contributed by atoms with E-state index >= 15 is 0 Å². The van der Waals surface area contributed by atoms with E-state index in [4.69, 9.17) is 0 Å². The highest BCUT2D eigenvalue weighted by molar-refractivity contribution is 5.53. The molecule has 0 bridgehead atoms. The van der Waals surface area contributed by atoms with Gasteiger partial charge < -0.3 is 0 Å². The number of rotatable bonds is 2. The molecular weight excluding hydrogens is 173 g/mol. The molecule has 0 fully saturated rings. The third kappa shape index (κ3) is 2.37. The zero-order chi connectivity index (χ0) is 9.84. The van der Waals surface area contributed by atoms with E-state index in [1.807, 2.05) is 0 Å². The number of hydrogen-bond acceptors (Lipinski definition) is 2. The minimum Gasteiger partial charge on any atom is -0.256 e. The van der Waals surface area contributed by atoms with Crippen LogP contribution in [0.4, 0.5) is 4.39 Å². The number of nitro groups is 1. The Morgan fingerprint density at radius 1 is 1.54 bits per heavy atom. The molecule has 0 unspecified atom stereocenters. The second kappa shape index (κ2) is 3.80.